The molecule has 3 aromatic heterocycles. The number of pyridine rings is 2. The second kappa shape index (κ2) is 14.1. The van der Waals surface area contributed by atoms with E-state index in [2.05, 4.69) is 70.6 Å². The summed E-state index contributed by atoms with van der Waals surface area (Å²) in [5.74, 6) is -5.49. The lowest BCUT2D eigenvalue weighted by atomic mass is 10.0. The summed E-state index contributed by atoms with van der Waals surface area (Å²) in [4.78, 5) is 38.9. The number of benzene rings is 1. The number of piperazine rings is 1. The first-order chi connectivity index (χ1) is 21.0. The summed E-state index contributed by atoms with van der Waals surface area (Å²) in [6.45, 7) is 4.12. The first kappa shape index (κ1) is 34.4. The Hall–Kier alpha value is -5.06. The topological polar surface area (TPSA) is 141 Å². The summed E-state index contributed by atoms with van der Waals surface area (Å²) in [6, 6.07) is 16.1. The molecule has 1 aliphatic rings. The smallest absolute Gasteiger partial charge is 0.475 e. The first-order valence-corrected chi connectivity index (χ1v) is 12.9. The molecule has 0 spiro atoms. The van der Waals surface area contributed by atoms with E-state index < -0.39 is 24.3 Å². The fourth-order valence-corrected chi connectivity index (χ4v) is 4.10. The summed E-state index contributed by atoms with van der Waals surface area (Å²) in [5.41, 5.74) is 5.99. The van der Waals surface area contributed by atoms with Gasteiger partial charge in [0.25, 0.3) is 5.91 Å². The van der Waals surface area contributed by atoms with Gasteiger partial charge in [0.15, 0.2) is 0 Å². The fraction of sp³-hybridized carbons (Fsp3) is 0.286. The maximum Gasteiger partial charge on any atom is 0.490 e. The molecule has 1 aliphatic heterocycles. The fourth-order valence-electron chi connectivity index (χ4n) is 4.10. The van der Waals surface area contributed by atoms with Gasteiger partial charge in [-0.15, -0.1) is 5.10 Å². The number of aliphatic carboxylic acids is 2. The van der Waals surface area contributed by atoms with Gasteiger partial charge in [0.2, 0.25) is 0 Å². The minimum Gasteiger partial charge on any atom is -0.475 e. The Morgan fingerprint density at radius 1 is 0.822 bits per heavy atom. The molecule has 1 aromatic carbocycles. The number of likely N-dealkylation sites (N-methyl/N-ethyl adjacent to an activating group) is 1. The van der Waals surface area contributed by atoms with Crippen LogP contribution in [0.1, 0.15) is 27.7 Å². The Kier molecular flexibility index (Phi) is 10.8. The van der Waals surface area contributed by atoms with Crippen molar-refractivity contribution in [3.63, 3.8) is 0 Å². The van der Waals surface area contributed by atoms with Gasteiger partial charge in [0.1, 0.15) is 5.69 Å². The van der Waals surface area contributed by atoms with E-state index in [1.54, 1.807) is 24.5 Å². The van der Waals surface area contributed by atoms with Crippen LogP contribution in [-0.2, 0) is 9.59 Å². The number of fused-ring (bicyclic) bond motifs is 1. The van der Waals surface area contributed by atoms with Crippen molar-refractivity contribution in [3.8, 4) is 11.1 Å². The zero-order valence-electron chi connectivity index (χ0n) is 23.6. The molecule has 5 rings (SSSR count). The van der Waals surface area contributed by atoms with E-state index in [0.29, 0.717) is 18.7 Å². The Balaban J connectivity index is 0.000000331. The third kappa shape index (κ3) is 9.21. The molecule has 0 bridgehead atoms. The minimum atomic E-state index is -5.08. The minimum absolute atomic E-state index is 0.0118. The van der Waals surface area contributed by atoms with Gasteiger partial charge in [-0.25, -0.2) is 14.1 Å². The van der Waals surface area contributed by atoms with Gasteiger partial charge in [-0.3, -0.25) is 14.7 Å². The number of hydrogen-bond donors (Lipinski definition) is 2. The molecule has 1 amide bonds. The lowest BCUT2D eigenvalue weighted by Crippen LogP contribution is -2.49. The SMILES string of the molecule is Cc1ccc(-c2ccc3c(C4CN(C(=O)c5ccncc5)CCN4C)nnn3c2)cc1.O=C(O)C(F)(F)F.O=C(O)C(F)(F)F. The molecule has 240 valence electrons. The monoisotopic (exact) mass is 640 g/mol. The van der Waals surface area contributed by atoms with E-state index in [0.717, 1.165) is 28.9 Å². The number of nitrogens with zero attached hydrogens (tertiary/aromatic N) is 6. The van der Waals surface area contributed by atoms with Gasteiger partial charge in [-0.05, 0) is 37.7 Å². The molecular formula is C28H26F6N6O5. The van der Waals surface area contributed by atoms with Crippen LogP contribution in [-0.4, -0.2) is 96.7 Å². The number of aryl methyl sites for hydroxylation is 1. The average Bonchev–Trinajstić information content (AvgIpc) is 3.41. The van der Waals surface area contributed by atoms with Gasteiger partial charge in [-0.2, -0.15) is 26.3 Å². The number of hydrogen-bond acceptors (Lipinski definition) is 7. The number of alkyl halides is 6. The maximum absolute atomic E-state index is 12.9. The van der Waals surface area contributed by atoms with Crippen LogP contribution in [0.4, 0.5) is 26.3 Å². The van der Waals surface area contributed by atoms with Gasteiger partial charge >= 0.3 is 24.3 Å². The van der Waals surface area contributed by atoms with Gasteiger partial charge in [0, 0.05) is 49.4 Å². The normalized spacial score (nSPS) is 15.4. The number of halogens is 6. The lowest BCUT2D eigenvalue weighted by Gasteiger charge is -2.38. The van der Waals surface area contributed by atoms with Crippen LogP contribution in [0.3, 0.4) is 0 Å². The highest BCUT2D eigenvalue weighted by molar-refractivity contribution is 5.94. The largest absolute Gasteiger partial charge is 0.490 e. The Bertz CT molecular complexity index is 1600. The highest BCUT2D eigenvalue weighted by Gasteiger charge is 2.39. The molecule has 11 nitrogen and oxygen atoms in total. The number of carboxylic acids is 2. The number of amides is 1. The third-order valence-corrected chi connectivity index (χ3v) is 6.49. The van der Waals surface area contributed by atoms with Crippen molar-refractivity contribution in [2.45, 2.75) is 25.3 Å². The van der Waals surface area contributed by atoms with Crippen molar-refractivity contribution >= 4 is 23.4 Å². The molecule has 1 fully saturated rings. The standard InChI is InChI=1S/C24H24N6O.2C2HF3O2/c1-17-3-5-18(6-4-17)20-7-8-21-23(26-27-30(21)15-20)22-16-29(14-13-28(22)2)24(31)19-9-11-25-12-10-19;2*3-2(4,5)1(6)7/h3-12,15,22H,13-14,16H2,1-2H3;2*(H,6,7). The van der Waals surface area contributed by atoms with E-state index in [9.17, 15) is 31.1 Å². The zero-order chi connectivity index (χ0) is 33.5. The highest BCUT2D eigenvalue weighted by Crippen LogP contribution is 2.28. The number of carbonyl (C=O) groups is 3. The van der Waals surface area contributed by atoms with Crippen LogP contribution in [0, 0.1) is 6.92 Å². The molecule has 4 aromatic rings. The van der Waals surface area contributed by atoms with Crippen LogP contribution in [0.5, 0.6) is 0 Å². The summed E-state index contributed by atoms with van der Waals surface area (Å²) >= 11 is 0. The number of carboxylic acid groups (broad SMARTS) is 2. The van der Waals surface area contributed by atoms with Crippen molar-refractivity contribution in [1.82, 2.24) is 29.6 Å². The average molecular weight is 641 g/mol. The summed E-state index contributed by atoms with van der Waals surface area (Å²) < 4.78 is 65.3. The Labute approximate surface area is 251 Å². The predicted octanol–water partition coefficient (Wildman–Crippen LogP) is 4.50. The van der Waals surface area contributed by atoms with Crippen LogP contribution >= 0.6 is 0 Å². The van der Waals surface area contributed by atoms with E-state index in [1.807, 2.05) is 15.6 Å². The second-order valence-electron chi connectivity index (χ2n) is 9.68. The molecule has 0 aliphatic carbocycles. The van der Waals surface area contributed by atoms with Gasteiger partial charge in [-0.1, -0.05) is 41.1 Å². The van der Waals surface area contributed by atoms with E-state index in [1.165, 1.54) is 5.56 Å². The van der Waals surface area contributed by atoms with Crippen LogP contribution < -0.4 is 0 Å². The van der Waals surface area contributed by atoms with Crippen molar-refractivity contribution in [3.05, 3.63) is 83.9 Å². The second-order valence-corrected chi connectivity index (χ2v) is 9.68. The predicted molar refractivity (Wildman–Crippen MR) is 146 cm³/mol. The quantitative estimate of drug-likeness (QED) is 0.310. The lowest BCUT2D eigenvalue weighted by molar-refractivity contribution is -0.193. The molecule has 1 atom stereocenters. The van der Waals surface area contributed by atoms with Crippen LogP contribution in [0.2, 0.25) is 0 Å². The molecule has 17 heteroatoms. The van der Waals surface area contributed by atoms with E-state index >= 15 is 0 Å². The molecule has 0 saturated carbocycles. The molecular weight excluding hydrogens is 614 g/mol. The summed E-state index contributed by atoms with van der Waals surface area (Å²) in [5, 5.41) is 23.1. The molecule has 1 saturated heterocycles. The zero-order valence-corrected chi connectivity index (χ0v) is 23.6. The van der Waals surface area contributed by atoms with E-state index in [-0.39, 0.29) is 11.9 Å². The maximum atomic E-state index is 12.9. The first-order valence-electron chi connectivity index (χ1n) is 12.9. The molecule has 4 heterocycles. The molecule has 2 N–H and O–H groups in total. The number of carbonyl (C=O) groups excluding carboxylic acids is 1. The van der Waals surface area contributed by atoms with Crippen molar-refractivity contribution < 1.29 is 50.9 Å². The van der Waals surface area contributed by atoms with Gasteiger partial charge < -0.3 is 15.1 Å². The van der Waals surface area contributed by atoms with Crippen molar-refractivity contribution in [2.24, 2.45) is 0 Å². The van der Waals surface area contributed by atoms with Crippen molar-refractivity contribution in [1.29, 1.82) is 0 Å². The van der Waals surface area contributed by atoms with E-state index in [4.69, 9.17) is 19.8 Å². The Morgan fingerprint density at radius 3 is 1.89 bits per heavy atom. The molecule has 45 heavy (non-hydrogen) atoms. The summed E-state index contributed by atoms with van der Waals surface area (Å²) in [7, 11) is 2.07. The molecule has 0 radical (unpaired) electrons. The van der Waals surface area contributed by atoms with Crippen LogP contribution in [0.25, 0.3) is 16.6 Å². The Morgan fingerprint density at radius 2 is 1.36 bits per heavy atom. The summed E-state index contributed by atoms with van der Waals surface area (Å²) in [6.07, 6.45) is -4.85. The third-order valence-electron chi connectivity index (χ3n) is 6.49. The van der Waals surface area contributed by atoms with Gasteiger partial charge in [0.05, 0.1) is 11.6 Å². The highest BCUT2D eigenvalue weighted by atomic mass is 19.4. The molecule has 1 unspecified atom stereocenters. The number of rotatable bonds is 3. The van der Waals surface area contributed by atoms with Crippen LogP contribution in [0.15, 0.2) is 67.1 Å². The van der Waals surface area contributed by atoms with Crippen molar-refractivity contribution in [2.75, 3.05) is 26.7 Å². The number of aromatic nitrogens is 4.